The molecule has 0 saturated carbocycles. The van der Waals surface area contributed by atoms with Gasteiger partial charge in [0.1, 0.15) is 5.82 Å². The first-order valence-electron chi connectivity index (χ1n) is 12.3. The number of halogens is 1. The van der Waals surface area contributed by atoms with E-state index in [1.807, 2.05) is 30.3 Å². The van der Waals surface area contributed by atoms with Crippen LogP contribution in [0.5, 0.6) is 0 Å². The van der Waals surface area contributed by atoms with Crippen LogP contribution in [0.25, 0.3) is 0 Å². The molecule has 3 unspecified atom stereocenters. The van der Waals surface area contributed by atoms with Gasteiger partial charge in [-0.25, -0.2) is 4.39 Å². The van der Waals surface area contributed by atoms with E-state index in [2.05, 4.69) is 49.3 Å². The highest BCUT2D eigenvalue weighted by atomic mass is 32.2. The molecule has 2 aliphatic rings. The van der Waals surface area contributed by atoms with Gasteiger partial charge in [0.15, 0.2) is 0 Å². The standard InChI is InChI=1S/C31H34FNOS/c1-5-29(26-19-22(2)18-23(3)20-26)33-16-9-11-24(15-17-33)31(25-10-8-12-27(32)21-25)28-13-6-7-14-30(28)35(4)34/h6-8,10-14,19-22,31H,1,9,15-18H2,2-4H3. The number of benzene rings is 2. The Morgan fingerprint density at radius 1 is 1.20 bits per heavy atom. The smallest absolute Gasteiger partial charge is 0.123 e. The van der Waals surface area contributed by atoms with Crippen molar-refractivity contribution in [2.24, 2.45) is 5.92 Å². The van der Waals surface area contributed by atoms with Gasteiger partial charge in [-0.15, -0.1) is 5.73 Å². The second kappa shape index (κ2) is 11.2. The van der Waals surface area contributed by atoms with E-state index in [-0.39, 0.29) is 11.7 Å². The van der Waals surface area contributed by atoms with Crippen LogP contribution in [0, 0.1) is 11.7 Å². The van der Waals surface area contributed by atoms with Gasteiger partial charge in [-0.2, -0.15) is 0 Å². The SMILES string of the molecule is C=C=C(C1=CC(C)CC(C)=C1)N1CCC=C(C(c2cccc(F)c2)c2ccccc2S(C)=O)CC1. The molecule has 0 amide bonds. The maximum Gasteiger partial charge on any atom is 0.123 e. The molecule has 0 spiro atoms. The van der Waals surface area contributed by atoms with E-state index >= 15 is 0 Å². The monoisotopic (exact) mass is 487 g/mol. The second-order valence-electron chi connectivity index (χ2n) is 9.60. The Bertz CT molecular complexity index is 1260. The van der Waals surface area contributed by atoms with Gasteiger partial charge in [0, 0.05) is 35.7 Å². The van der Waals surface area contributed by atoms with Gasteiger partial charge in [-0.1, -0.05) is 73.2 Å². The zero-order chi connectivity index (χ0) is 24.9. The van der Waals surface area contributed by atoms with Crippen molar-refractivity contribution in [2.75, 3.05) is 19.3 Å². The van der Waals surface area contributed by atoms with Gasteiger partial charge >= 0.3 is 0 Å². The summed E-state index contributed by atoms with van der Waals surface area (Å²) < 4.78 is 26.9. The molecule has 0 aromatic heterocycles. The van der Waals surface area contributed by atoms with Crippen molar-refractivity contribution in [3.8, 4) is 0 Å². The lowest BCUT2D eigenvalue weighted by molar-refractivity contribution is 0.368. The first-order chi connectivity index (χ1) is 16.9. The molecule has 182 valence electrons. The van der Waals surface area contributed by atoms with Crippen molar-refractivity contribution in [3.05, 3.63) is 118 Å². The average molecular weight is 488 g/mol. The summed E-state index contributed by atoms with van der Waals surface area (Å²) in [5.41, 5.74) is 9.97. The Kier molecular flexibility index (Phi) is 8.05. The van der Waals surface area contributed by atoms with Crippen LogP contribution in [0.4, 0.5) is 4.39 Å². The number of nitrogens with zero attached hydrogens (tertiary/aromatic N) is 1. The summed E-state index contributed by atoms with van der Waals surface area (Å²) in [6.07, 6.45) is 11.4. The molecule has 2 nitrogen and oxygen atoms in total. The van der Waals surface area contributed by atoms with Crippen molar-refractivity contribution < 1.29 is 8.60 Å². The molecule has 0 bridgehead atoms. The second-order valence-corrected chi connectivity index (χ2v) is 11.0. The zero-order valence-electron chi connectivity index (χ0n) is 20.9. The van der Waals surface area contributed by atoms with Crippen LogP contribution in [0.1, 0.15) is 50.2 Å². The van der Waals surface area contributed by atoms with Crippen LogP contribution < -0.4 is 0 Å². The van der Waals surface area contributed by atoms with E-state index in [1.54, 1.807) is 18.4 Å². The largest absolute Gasteiger partial charge is 0.364 e. The minimum Gasteiger partial charge on any atom is -0.364 e. The predicted molar refractivity (Wildman–Crippen MR) is 144 cm³/mol. The van der Waals surface area contributed by atoms with E-state index in [1.165, 1.54) is 22.8 Å². The summed E-state index contributed by atoms with van der Waals surface area (Å²) in [5.74, 6) is 0.108. The quantitative estimate of drug-likeness (QED) is 0.315. The van der Waals surface area contributed by atoms with Crippen molar-refractivity contribution in [3.63, 3.8) is 0 Å². The Balaban J connectivity index is 1.68. The highest BCUT2D eigenvalue weighted by molar-refractivity contribution is 7.84. The zero-order valence-corrected chi connectivity index (χ0v) is 21.7. The lowest BCUT2D eigenvalue weighted by Gasteiger charge is -2.28. The van der Waals surface area contributed by atoms with Crippen LogP contribution in [-0.2, 0) is 10.8 Å². The molecule has 4 rings (SSSR count). The molecule has 35 heavy (non-hydrogen) atoms. The van der Waals surface area contributed by atoms with Gasteiger partial charge in [0.05, 0.1) is 16.5 Å². The van der Waals surface area contributed by atoms with E-state index in [0.29, 0.717) is 5.92 Å². The van der Waals surface area contributed by atoms with E-state index < -0.39 is 10.8 Å². The fourth-order valence-corrected chi connectivity index (χ4v) is 6.21. The Morgan fingerprint density at radius 3 is 2.71 bits per heavy atom. The molecular weight excluding hydrogens is 453 g/mol. The molecule has 0 radical (unpaired) electrons. The van der Waals surface area contributed by atoms with Crippen LogP contribution >= 0.6 is 0 Å². The maximum absolute atomic E-state index is 14.3. The molecule has 1 aliphatic heterocycles. The number of hydrogen-bond donors (Lipinski definition) is 0. The summed E-state index contributed by atoms with van der Waals surface area (Å²) in [5, 5.41) is 0. The topological polar surface area (TPSA) is 20.3 Å². The third-order valence-corrected chi connectivity index (χ3v) is 7.83. The van der Waals surface area contributed by atoms with E-state index in [9.17, 15) is 8.60 Å². The molecule has 1 aliphatic carbocycles. The van der Waals surface area contributed by atoms with Crippen molar-refractivity contribution in [2.45, 2.75) is 43.9 Å². The molecule has 2 aromatic rings. The lowest BCUT2D eigenvalue weighted by Crippen LogP contribution is -2.26. The molecule has 0 fully saturated rings. The minimum absolute atomic E-state index is 0.141. The molecule has 4 heteroatoms. The fourth-order valence-electron chi connectivity index (χ4n) is 5.42. The third-order valence-electron chi connectivity index (χ3n) is 6.84. The first kappa shape index (κ1) is 25.2. The highest BCUT2D eigenvalue weighted by Crippen LogP contribution is 2.38. The first-order valence-corrected chi connectivity index (χ1v) is 13.8. The maximum atomic E-state index is 14.3. The number of hydrogen-bond acceptors (Lipinski definition) is 2. The average Bonchev–Trinajstić information content (AvgIpc) is 3.06. The summed E-state index contributed by atoms with van der Waals surface area (Å²) in [6.45, 7) is 10.1. The van der Waals surface area contributed by atoms with Gasteiger partial charge in [-0.3, -0.25) is 4.21 Å². The van der Waals surface area contributed by atoms with Crippen LogP contribution in [0.15, 0.2) is 106 Å². The Hall–Kier alpha value is -2.94. The summed E-state index contributed by atoms with van der Waals surface area (Å²) in [7, 11) is -1.14. The lowest BCUT2D eigenvalue weighted by atomic mass is 9.83. The fraction of sp³-hybridized carbons (Fsp3) is 0.323. The van der Waals surface area contributed by atoms with Gasteiger partial charge in [-0.05, 0) is 61.4 Å². The molecule has 0 saturated heterocycles. The van der Waals surface area contributed by atoms with Gasteiger partial charge in [0.2, 0.25) is 0 Å². The molecule has 2 aromatic carbocycles. The van der Waals surface area contributed by atoms with Crippen LogP contribution in [-0.4, -0.2) is 28.5 Å². The predicted octanol–water partition coefficient (Wildman–Crippen LogP) is 7.30. The molecular formula is C31H34FNOS. The Morgan fingerprint density at radius 2 is 2.00 bits per heavy atom. The normalized spacial score (nSPS) is 20.1. The van der Waals surface area contributed by atoms with Crippen molar-refractivity contribution in [1.29, 1.82) is 0 Å². The van der Waals surface area contributed by atoms with Gasteiger partial charge < -0.3 is 4.90 Å². The van der Waals surface area contributed by atoms with E-state index in [0.717, 1.165) is 54.1 Å². The Labute approximate surface area is 211 Å². The number of allylic oxidation sites excluding steroid dienone is 3. The van der Waals surface area contributed by atoms with Crippen LogP contribution in [0.2, 0.25) is 0 Å². The highest BCUT2D eigenvalue weighted by Gasteiger charge is 2.26. The van der Waals surface area contributed by atoms with E-state index in [4.69, 9.17) is 0 Å². The van der Waals surface area contributed by atoms with Crippen LogP contribution in [0.3, 0.4) is 0 Å². The summed E-state index contributed by atoms with van der Waals surface area (Å²) in [4.78, 5) is 3.17. The minimum atomic E-state index is -1.14. The molecule has 1 heterocycles. The molecule has 3 atom stereocenters. The van der Waals surface area contributed by atoms with Crippen molar-refractivity contribution >= 4 is 10.8 Å². The summed E-state index contributed by atoms with van der Waals surface area (Å²) in [6, 6.07) is 14.7. The van der Waals surface area contributed by atoms with Crippen molar-refractivity contribution in [1.82, 2.24) is 4.90 Å². The molecule has 0 N–H and O–H groups in total. The third kappa shape index (κ3) is 5.83. The van der Waals surface area contributed by atoms with Gasteiger partial charge in [0.25, 0.3) is 0 Å². The summed E-state index contributed by atoms with van der Waals surface area (Å²) >= 11 is 0. The number of rotatable bonds is 6.